The van der Waals surface area contributed by atoms with Crippen molar-refractivity contribution in [2.75, 3.05) is 4.90 Å². The maximum Gasteiger partial charge on any atom is 0.251 e. The van der Waals surface area contributed by atoms with E-state index in [0.717, 1.165) is 12.1 Å². The van der Waals surface area contributed by atoms with Gasteiger partial charge in [0.25, 0.3) is 5.91 Å². The van der Waals surface area contributed by atoms with Crippen LogP contribution in [0, 0.1) is 32.7 Å². The number of amides is 2. The van der Waals surface area contributed by atoms with Crippen LogP contribution in [0.25, 0.3) is 0 Å². The summed E-state index contributed by atoms with van der Waals surface area (Å²) >= 11 is 1.96. The van der Waals surface area contributed by atoms with E-state index in [-0.39, 0.29) is 17.7 Å². The zero-order chi connectivity index (χ0) is 25.7. The first-order valence-electron chi connectivity index (χ1n) is 10.4. The Kier molecular flexibility index (Phi) is 6.60. The van der Waals surface area contributed by atoms with Crippen LogP contribution in [0.15, 0.2) is 42.5 Å². The predicted octanol–water partition coefficient (Wildman–Crippen LogP) is 5.74. The van der Waals surface area contributed by atoms with Crippen LogP contribution in [-0.2, 0) is 23.3 Å². The van der Waals surface area contributed by atoms with Crippen molar-refractivity contribution in [3.8, 4) is 0 Å². The van der Waals surface area contributed by atoms with E-state index in [0.29, 0.717) is 27.0 Å². The van der Waals surface area contributed by atoms with E-state index in [4.69, 9.17) is 0 Å². The molecular formula is C25H18F5IN2O2. The Morgan fingerprint density at radius 1 is 0.943 bits per heavy atom. The molecule has 0 aromatic heterocycles. The maximum atomic E-state index is 14.3. The Morgan fingerprint density at radius 2 is 1.54 bits per heavy atom. The lowest BCUT2D eigenvalue weighted by atomic mass is 9.86. The normalized spacial score (nSPS) is 14.3. The lowest BCUT2D eigenvalue weighted by Crippen LogP contribution is -2.36. The summed E-state index contributed by atoms with van der Waals surface area (Å²) in [6, 6.07) is 7.32. The van der Waals surface area contributed by atoms with Crippen molar-refractivity contribution in [3.05, 3.63) is 97.4 Å². The average Bonchev–Trinajstić information content (AvgIpc) is 2.95. The predicted molar refractivity (Wildman–Crippen MR) is 127 cm³/mol. The van der Waals surface area contributed by atoms with Gasteiger partial charge in [-0.3, -0.25) is 9.59 Å². The largest absolute Gasteiger partial charge is 0.348 e. The Morgan fingerprint density at radius 3 is 2.14 bits per heavy atom. The van der Waals surface area contributed by atoms with Crippen LogP contribution >= 0.6 is 22.6 Å². The fourth-order valence-electron chi connectivity index (χ4n) is 4.12. The van der Waals surface area contributed by atoms with Crippen LogP contribution < -0.4 is 10.2 Å². The van der Waals surface area contributed by atoms with E-state index in [9.17, 15) is 31.5 Å². The number of fused-ring (bicyclic) bond motifs is 1. The van der Waals surface area contributed by atoms with Gasteiger partial charge in [0.05, 0.1) is 17.6 Å². The molecule has 0 atom stereocenters. The zero-order valence-electron chi connectivity index (χ0n) is 18.5. The van der Waals surface area contributed by atoms with Gasteiger partial charge in [0.1, 0.15) is 29.1 Å². The van der Waals surface area contributed by atoms with Crippen molar-refractivity contribution in [1.82, 2.24) is 5.32 Å². The minimum Gasteiger partial charge on any atom is -0.348 e. The molecule has 0 aliphatic carbocycles. The molecule has 2 amide bonds. The van der Waals surface area contributed by atoms with E-state index in [1.54, 1.807) is 13.8 Å². The van der Waals surface area contributed by atoms with Crippen molar-refractivity contribution in [2.45, 2.75) is 32.4 Å². The molecule has 4 rings (SSSR count). The van der Waals surface area contributed by atoms with Gasteiger partial charge >= 0.3 is 0 Å². The summed E-state index contributed by atoms with van der Waals surface area (Å²) in [4.78, 5) is 27.3. The van der Waals surface area contributed by atoms with Gasteiger partial charge in [-0.25, -0.2) is 22.0 Å². The molecule has 0 unspecified atom stereocenters. The first-order chi connectivity index (χ1) is 16.4. The van der Waals surface area contributed by atoms with Gasteiger partial charge in [-0.1, -0.05) is 6.07 Å². The van der Waals surface area contributed by atoms with Gasteiger partial charge in [-0.15, -0.1) is 0 Å². The second kappa shape index (κ2) is 9.21. The molecule has 0 fully saturated rings. The van der Waals surface area contributed by atoms with E-state index >= 15 is 0 Å². The topological polar surface area (TPSA) is 49.4 Å². The second-order valence-corrected chi connectivity index (χ2v) is 9.76. The van der Waals surface area contributed by atoms with Crippen molar-refractivity contribution >= 4 is 40.1 Å². The Hall–Kier alpha value is -3.02. The molecule has 10 heteroatoms. The summed E-state index contributed by atoms with van der Waals surface area (Å²) < 4.78 is 70.2. The van der Waals surface area contributed by atoms with E-state index in [2.05, 4.69) is 5.32 Å². The number of nitrogens with one attached hydrogen (secondary N) is 1. The molecule has 0 radical (unpaired) electrons. The SMILES string of the molecule is CC1(C)C(=O)N(Cc2c(F)cccc2F)c2cc(C(=O)NCc3c(F)cc(F)cc3F)cc(I)c21. The summed E-state index contributed by atoms with van der Waals surface area (Å²) in [5.74, 6) is -6.09. The van der Waals surface area contributed by atoms with Gasteiger partial charge in [0.2, 0.25) is 5.91 Å². The standard InChI is InChI=1S/C25H18F5IN2O2/c1-25(2)22-20(31)6-12(23(34)32-10-14-18(29)8-13(26)9-19(14)30)7-21(22)33(24(25)35)11-15-16(27)4-3-5-17(15)28/h3-9H,10-11H2,1-2H3,(H,32,34). The minimum atomic E-state index is -1.14. The van der Waals surface area contributed by atoms with Gasteiger partial charge in [0, 0.05) is 44.5 Å². The van der Waals surface area contributed by atoms with Crippen LogP contribution in [-0.4, -0.2) is 11.8 Å². The Bertz CT molecular complexity index is 1330. The van der Waals surface area contributed by atoms with Crippen molar-refractivity contribution in [2.24, 2.45) is 0 Å². The van der Waals surface area contributed by atoms with E-state index < -0.39 is 58.4 Å². The molecule has 4 nitrogen and oxygen atoms in total. The molecule has 1 aliphatic rings. The minimum absolute atomic E-state index is 0.0700. The summed E-state index contributed by atoms with van der Waals surface area (Å²) in [6.07, 6.45) is 0. The van der Waals surface area contributed by atoms with Crippen molar-refractivity contribution in [1.29, 1.82) is 0 Å². The fourth-order valence-corrected chi connectivity index (χ4v) is 5.40. The second-order valence-electron chi connectivity index (χ2n) is 8.60. The van der Waals surface area contributed by atoms with E-state index in [1.807, 2.05) is 22.6 Å². The highest BCUT2D eigenvalue weighted by Gasteiger charge is 2.46. The molecule has 3 aromatic rings. The Balaban J connectivity index is 1.68. The number of carbonyl (C=O) groups excluding carboxylic acids is 2. The molecule has 1 aliphatic heterocycles. The Labute approximate surface area is 211 Å². The van der Waals surface area contributed by atoms with Crippen LogP contribution in [0.1, 0.15) is 40.9 Å². The summed E-state index contributed by atoms with van der Waals surface area (Å²) in [7, 11) is 0. The molecule has 35 heavy (non-hydrogen) atoms. The van der Waals surface area contributed by atoms with Crippen LogP contribution in [0.5, 0.6) is 0 Å². The number of hydrogen-bond acceptors (Lipinski definition) is 2. The fraction of sp³-hybridized carbons (Fsp3) is 0.200. The van der Waals surface area contributed by atoms with Gasteiger partial charge < -0.3 is 10.2 Å². The van der Waals surface area contributed by atoms with E-state index in [1.165, 1.54) is 23.1 Å². The molecule has 1 N–H and O–H groups in total. The highest BCUT2D eigenvalue weighted by Crippen LogP contribution is 2.45. The van der Waals surface area contributed by atoms with Gasteiger partial charge in [-0.2, -0.15) is 0 Å². The lowest BCUT2D eigenvalue weighted by molar-refractivity contribution is -0.122. The van der Waals surface area contributed by atoms with Crippen LogP contribution in [0.4, 0.5) is 27.6 Å². The van der Waals surface area contributed by atoms with Gasteiger partial charge in [0.15, 0.2) is 0 Å². The molecular weight excluding hydrogens is 582 g/mol. The molecule has 0 spiro atoms. The highest BCUT2D eigenvalue weighted by atomic mass is 127. The zero-order valence-corrected chi connectivity index (χ0v) is 20.6. The third kappa shape index (κ3) is 4.51. The maximum absolute atomic E-state index is 14.3. The molecule has 0 saturated carbocycles. The quantitative estimate of drug-likeness (QED) is 0.300. The molecule has 1 heterocycles. The number of anilines is 1. The van der Waals surface area contributed by atoms with Crippen LogP contribution in [0.3, 0.4) is 0 Å². The molecule has 3 aromatic carbocycles. The number of nitrogens with zero attached hydrogens (tertiary/aromatic N) is 1. The molecule has 0 bridgehead atoms. The number of halogens is 6. The first kappa shape index (κ1) is 25.1. The third-order valence-corrected chi connectivity index (χ3v) is 6.79. The number of hydrogen-bond donors (Lipinski definition) is 1. The third-order valence-electron chi connectivity index (χ3n) is 5.94. The van der Waals surface area contributed by atoms with Crippen molar-refractivity contribution in [3.63, 3.8) is 0 Å². The molecule has 182 valence electrons. The lowest BCUT2D eigenvalue weighted by Gasteiger charge is -2.21. The average molecular weight is 600 g/mol. The molecule has 0 saturated heterocycles. The number of rotatable bonds is 5. The number of carbonyl (C=O) groups is 2. The van der Waals surface area contributed by atoms with Crippen LogP contribution in [0.2, 0.25) is 0 Å². The highest BCUT2D eigenvalue weighted by molar-refractivity contribution is 14.1. The summed E-state index contributed by atoms with van der Waals surface area (Å²) in [6.45, 7) is 2.42. The summed E-state index contributed by atoms with van der Waals surface area (Å²) in [5.41, 5.74) is -0.866. The van der Waals surface area contributed by atoms with Crippen molar-refractivity contribution < 1.29 is 31.5 Å². The first-order valence-corrected chi connectivity index (χ1v) is 11.5. The monoisotopic (exact) mass is 600 g/mol. The smallest absolute Gasteiger partial charge is 0.251 e. The summed E-state index contributed by atoms with van der Waals surface area (Å²) in [5, 5.41) is 2.38. The number of benzene rings is 3. The van der Waals surface area contributed by atoms with Gasteiger partial charge in [-0.05, 0) is 60.7 Å².